The normalized spacial score (nSPS) is 23.3. The molecule has 5 aliphatic carbocycles. The first-order valence-corrected chi connectivity index (χ1v) is 19.9. The maximum absolute atomic E-state index is 6.51. The number of benzene rings is 7. The number of para-hydroxylation sites is 1. The Morgan fingerprint density at radius 1 is 0.444 bits per heavy atom. The van der Waals surface area contributed by atoms with Crippen molar-refractivity contribution in [3.8, 4) is 33.4 Å². The van der Waals surface area contributed by atoms with E-state index >= 15 is 0 Å². The van der Waals surface area contributed by atoms with Gasteiger partial charge in [0, 0.05) is 39.2 Å². The lowest BCUT2D eigenvalue weighted by Gasteiger charge is -2.61. The van der Waals surface area contributed by atoms with Crippen LogP contribution in [0.1, 0.15) is 43.2 Å². The lowest BCUT2D eigenvalue weighted by Crippen LogP contribution is -2.55. The summed E-state index contributed by atoms with van der Waals surface area (Å²) in [7, 11) is 0. The predicted molar refractivity (Wildman–Crippen MR) is 223 cm³/mol. The number of anilines is 3. The van der Waals surface area contributed by atoms with Crippen LogP contribution in [-0.4, -0.2) is 0 Å². The largest absolute Gasteiger partial charge is 0.456 e. The van der Waals surface area contributed by atoms with Crippen LogP contribution in [0.25, 0.3) is 55.3 Å². The van der Waals surface area contributed by atoms with E-state index in [1.54, 1.807) is 11.1 Å². The minimum Gasteiger partial charge on any atom is -0.456 e. The standard InChI is InChI=1S/C52H41NO/c1-2-9-35(10-3-1)36-17-19-37(20-18-36)38-21-23-41(24-22-38)53(42-25-26-44-43-11-5-7-16-49(43)54-50(44)32-42)48-15-8-14-47-51(48)45-12-4-6-13-46(45)52(47)39-28-33-27-34(30-39)31-40(52)29-33/h1-26,32-34,39-40H,27-31H2. The minimum atomic E-state index is 0.111. The van der Waals surface area contributed by atoms with E-state index in [0.29, 0.717) is 0 Å². The van der Waals surface area contributed by atoms with Gasteiger partial charge in [0.1, 0.15) is 11.2 Å². The lowest BCUT2D eigenvalue weighted by molar-refractivity contribution is -0.0399. The first-order valence-electron chi connectivity index (χ1n) is 19.9. The number of hydrogen-bond acceptors (Lipinski definition) is 2. The zero-order valence-corrected chi connectivity index (χ0v) is 30.3. The Kier molecular flexibility index (Phi) is 6.55. The lowest BCUT2D eigenvalue weighted by atomic mass is 9.43. The summed E-state index contributed by atoms with van der Waals surface area (Å²) in [6.45, 7) is 0. The van der Waals surface area contributed by atoms with Crippen LogP contribution in [0, 0.1) is 23.7 Å². The van der Waals surface area contributed by atoms with E-state index in [4.69, 9.17) is 4.42 Å². The van der Waals surface area contributed by atoms with E-state index in [0.717, 1.165) is 57.0 Å². The minimum absolute atomic E-state index is 0.111. The third-order valence-corrected chi connectivity index (χ3v) is 13.9. The molecule has 2 heteroatoms. The highest BCUT2D eigenvalue weighted by molar-refractivity contribution is 6.06. The van der Waals surface area contributed by atoms with Gasteiger partial charge in [0.25, 0.3) is 0 Å². The van der Waals surface area contributed by atoms with Crippen LogP contribution in [0.4, 0.5) is 17.1 Å². The summed E-state index contributed by atoms with van der Waals surface area (Å²) in [4.78, 5) is 2.50. The summed E-state index contributed by atoms with van der Waals surface area (Å²) in [5, 5.41) is 2.31. The highest BCUT2D eigenvalue weighted by Crippen LogP contribution is 2.70. The molecule has 0 radical (unpaired) electrons. The van der Waals surface area contributed by atoms with Crippen LogP contribution >= 0.6 is 0 Å². The maximum atomic E-state index is 6.51. The fraction of sp³-hybridized carbons (Fsp3) is 0.192. The number of hydrogen-bond donors (Lipinski definition) is 0. The van der Waals surface area contributed by atoms with Crippen LogP contribution in [0.3, 0.4) is 0 Å². The Morgan fingerprint density at radius 3 is 1.76 bits per heavy atom. The number of furan rings is 1. The zero-order chi connectivity index (χ0) is 35.4. The van der Waals surface area contributed by atoms with Crippen LogP contribution in [0.15, 0.2) is 168 Å². The number of fused-ring (bicyclic) bond motifs is 6. The monoisotopic (exact) mass is 695 g/mol. The van der Waals surface area contributed by atoms with Crippen LogP contribution < -0.4 is 4.90 Å². The van der Waals surface area contributed by atoms with Gasteiger partial charge in [-0.25, -0.2) is 0 Å². The van der Waals surface area contributed by atoms with E-state index in [9.17, 15) is 0 Å². The second kappa shape index (κ2) is 11.6. The van der Waals surface area contributed by atoms with Gasteiger partial charge in [0.2, 0.25) is 0 Å². The van der Waals surface area contributed by atoms with Crippen molar-refractivity contribution in [2.45, 2.75) is 37.5 Å². The summed E-state index contributed by atoms with van der Waals surface area (Å²) >= 11 is 0. The molecule has 0 atom stereocenters. The molecule has 54 heavy (non-hydrogen) atoms. The molecule has 0 amide bonds. The van der Waals surface area contributed by atoms with Gasteiger partial charge in [-0.2, -0.15) is 0 Å². The van der Waals surface area contributed by atoms with E-state index in [-0.39, 0.29) is 5.41 Å². The smallest absolute Gasteiger partial charge is 0.137 e. The van der Waals surface area contributed by atoms with Crippen molar-refractivity contribution in [3.63, 3.8) is 0 Å². The summed E-state index contributed by atoms with van der Waals surface area (Å²) in [6, 6.07) is 60.6. The number of rotatable bonds is 5. The first kappa shape index (κ1) is 30.6. The average molecular weight is 696 g/mol. The van der Waals surface area contributed by atoms with Gasteiger partial charge in [0.15, 0.2) is 0 Å². The predicted octanol–water partition coefficient (Wildman–Crippen LogP) is 14.1. The van der Waals surface area contributed by atoms with Crippen LogP contribution in [0.5, 0.6) is 0 Å². The van der Waals surface area contributed by atoms with Crippen molar-refractivity contribution in [3.05, 3.63) is 175 Å². The molecule has 4 saturated carbocycles. The van der Waals surface area contributed by atoms with Gasteiger partial charge in [-0.15, -0.1) is 0 Å². The molecule has 0 unspecified atom stereocenters. The first-order chi connectivity index (χ1) is 26.7. The Balaban J connectivity index is 1.03. The fourth-order valence-electron chi connectivity index (χ4n) is 11.9. The van der Waals surface area contributed by atoms with Gasteiger partial charge in [-0.05, 0) is 131 Å². The Bertz CT molecular complexity index is 2690. The van der Waals surface area contributed by atoms with Crippen molar-refractivity contribution in [2.75, 3.05) is 4.90 Å². The van der Waals surface area contributed by atoms with E-state index in [2.05, 4.69) is 169 Å². The molecule has 0 saturated heterocycles. The SMILES string of the molecule is c1ccc(-c2ccc(-c3ccc(N(c4ccc5c(c4)oc4ccccc45)c4cccc5c4-c4ccccc4C54C5CC6CC(C5)CC4C6)cc3)cc2)cc1. The highest BCUT2D eigenvalue weighted by atomic mass is 16.3. The van der Waals surface area contributed by atoms with Gasteiger partial charge < -0.3 is 9.32 Å². The molecule has 1 heterocycles. The summed E-state index contributed by atoms with van der Waals surface area (Å²) in [5.74, 6) is 3.27. The molecule has 260 valence electrons. The molecule has 5 aliphatic rings. The molecule has 7 aromatic carbocycles. The van der Waals surface area contributed by atoms with Crippen LogP contribution in [-0.2, 0) is 5.41 Å². The van der Waals surface area contributed by atoms with Crippen molar-refractivity contribution < 1.29 is 4.42 Å². The van der Waals surface area contributed by atoms with Crippen molar-refractivity contribution in [2.24, 2.45) is 23.7 Å². The third-order valence-electron chi connectivity index (χ3n) is 13.9. The molecule has 4 fully saturated rings. The second-order valence-electron chi connectivity index (χ2n) is 16.5. The van der Waals surface area contributed by atoms with Gasteiger partial charge in [-0.3, -0.25) is 0 Å². The molecule has 13 rings (SSSR count). The Labute approximate surface area is 316 Å². The van der Waals surface area contributed by atoms with E-state index in [1.165, 1.54) is 71.2 Å². The quantitative estimate of drug-likeness (QED) is 0.178. The maximum Gasteiger partial charge on any atom is 0.137 e. The fourth-order valence-corrected chi connectivity index (χ4v) is 11.9. The van der Waals surface area contributed by atoms with Gasteiger partial charge >= 0.3 is 0 Å². The molecule has 0 N–H and O–H groups in total. The van der Waals surface area contributed by atoms with Crippen molar-refractivity contribution in [1.82, 2.24) is 0 Å². The molecule has 1 aromatic heterocycles. The van der Waals surface area contributed by atoms with Crippen LogP contribution in [0.2, 0.25) is 0 Å². The molecular weight excluding hydrogens is 655 g/mol. The second-order valence-corrected chi connectivity index (χ2v) is 16.5. The summed E-state index contributed by atoms with van der Waals surface area (Å²) in [5.41, 5.74) is 16.4. The Hall–Kier alpha value is -5.86. The molecule has 2 nitrogen and oxygen atoms in total. The third kappa shape index (κ3) is 4.34. The molecule has 4 bridgehead atoms. The van der Waals surface area contributed by atoms with Crippen molar-refractivity contribution in [1.29, 1.82) is 0 Å². The molecule has 0 aliphatic heterocycles. The zero-order valence-electron chi connectivity index (χ0n) is 30.3. The number of nitrogens with zero attached hydrogens (tertiary/aromatic N) is 1. The summed E-state index contributed by atoms with van der Waals surface area (Å²) < 4.78 is 6.51. The average Bonchev–Trinajstić information content (AvgIpc) is 3.74. The van der Waals surface area contributed by atoms with E-state index < -0.39 is 0 Å². The van der Waals surface area contributed by atoms with Gasteiger partial charge in [-0.1, -0.05) is 121 Å². The molecular formula is C52H41NO. The Morgan fingerprint density at radius 2 is 1.02 bits per heavy atom. The molecule has 1 spiro atoms. The topological polar surface area (TPSA) is 16.4 Å². The highest BCUT2D eigenvalue weighted by Gasteiger charge is 2.61. The summed E-state index contributed by atoms with van der Waals surface area (Å²) in [6.07, 6.45) is 6.98. The molecule has 8 aromatic rings. The van der Waals surface area contributed by atoms with Gasteiger partial charge in [0.05, 0.1) is 5.69 Å². The van der Waals surface area contributed by atoms with Crippen molar-refractivity contribution >= 4 is 39.0 Å². The van der Waals surface area contributed by atoms with E-state index in [1.807, 2.05) is 0 Å².